The molecule has 46 heavy (non-hydrogen) atoms. The highest BCUT2D eigenvalue weighted by Gasteiger charge is 2.41. The Morgan fingerprint density at radius 1 is 0.630 bits per heavy atom. The monoisotopic (exact) mass is 689 g/mol. The largest absolute Gasteiger partial charge is 0.271 e. The molecular weight excluding hydrogens is 665 g/mol. The number of hydrogen-bond acceptors (Lipinski definition) is 7. The van der Waals surface area contributed by atoms with E-state index in [2.05, 4.69) is 16.9 Å². The lowest BCUT2D eigenvalue weighted by Crippen LogP contribution is -2.35. The van der Waals surface area contributed by atoms with Crippen molar-refractivity contribution in [2.24, 2.45) is 0 Å². The first-order valence-electron chi connectivity index (χ1n) is 13.8. The molecule has 2 N–H and O–H groups in total. The van der Waals surface area contributed by atoms with Crippen LogP contribution in [0.5, 0.6) is 0 Å². The maximum absolute atomic E-state index is 12.5. The van der Waals surface area contributed by atoms with Crippen LogP contribution in [0.2, 0.25) is 10.0 Å². The van der Waals surface area contributed by atoms with Crippen LogP contribution < -0.4 is 10.9 Å². The minimum atomic E-state index is -0.871. The van der Waals surface area contributed by atoms with E-state index < -0.39 is 10.5 Å². The fraction of sp³-hybridized carbons (Fsp3) is 0.121. The predicted octanol–water partition coefficient (Wildman–Crippen LogP) is 5.62. The fourth-order valence-corrected chi connectivity index (χ4v) is 6.96. The molecule has 2 fully saturated rings. The van der Waals surface area contributed by atoms with Gasteiger partial charge in [-0.1, -0.05) is 89.9 Å². The lowest BCUT2D eigenvalue weighted by Gasteiger charge is -2.15. The van der Waals surface area contributed by atoms with Gasteiger partial charge < -0.3 is 0 Å². The van der Waals surface area contributed by atoms with Gasteiger partial charge in [-0.3, -0.25) is 30.0 Å². The number of hydrogen-bond donors (Lipinski definition) is 2. The second-order valence-electron chi connectivity index (χ2n) is 9.96. The number of nitriles is 1. The molecule has 4 aromatic carbocycles. The molecule has 2 atom stereocenters. The van der Waals surface area contributed by atoms with E-state index in [-0.39, 0.29) is 30.2 Å². The first-order valence-corrected chi connectivity index (χ1v) is 16.3. The van der Waals surface area contributed by atoms with Gasteiger partial charge in [0.2, 0.25) is 0 Å². The number of benzene rings is 4. The number of carbonyl (C=O) groups is 4. The van der Waals surface area contributed by atoms with E-state index >= 15 is 0 Å². The Bertz CT molecular complexity index is 1820. The first kappa shape index (κ1) is 32.9. The van der Waals surface area contributed by atoms with E-state index in [1.54, 1.807) is 60.7 Å². The number of carbonyl (C=O) groups excluding carboxylic acids is 4. The third-order valence-electron chi connectivity index (χ3n) is 6.69. The topological polar surface area (TPSA) is 123 Å². The number of rotatable bonds is 8. The number of nitrogens with zero attached hydrogens (tertiary/aromatic N) is 3. The third-order valence-corrected chi connectivity index (χ3v) is 10.1. The smallest absolute Gasteiger partial charge is 0.264 e. The van der Waals surface area contributed by atoms with Crippen LogP contribution in [0, 0.1) is 11.3 Å². The molecule has 0 aliphatic carbocycles. The number of nitrogens with one attached hydrogen (secondary N) is 2. The summed E-state index contributed by atoms with van der Waals surface area (Å²) in [6.45, 7) is 0.560. The highest BCUT2D eigenvalue weighted by atomic mass is 35.5. The summed E-state index contributed by atoms with van der Waals surface area (Å²) in [5, 5.41) is 10.9. The van der Waals surface area contributed by atoms with Gasteiger partial charge in [0.05, 0.1) is 34.8 Å². The number of hydrazine groups is 2. The second-order valence-corrected chi connectivity index (χ2v) is 13.1. The Balaban J connectivity index is 0.000000182. The molecule has 0 saturated carbocycles. The van der Waals surface area contributed by atoms with Crippen LogP contribution in [0.1, 0.15) is 16.7 Å². The van der Waals surface area contributed by atoms with Crippen LogP contribution >= 0.6 is 46.7 Å². The Morgan fingerprint density at radius 2 is 1.09 bits per heavy atom. The van der Waals surface area contributed by atoms with Crippen molar-refractivity contribution in [2.45, 2.75) is 33.4 Å². The molecular formula is C33H25Cl2N5O4S2. The van der Waals surface area contributed by atoms with Crippen molar-refractivity contribution < 1.29 is 19.2 Å². The molecule has 0 spiro atoms. The maximum Gasteiger partial charge on any atom is 0.264 e. The Kier molecular flexibility index (Phi) is 10.9. The Labute approximate surface area is 283 Å². The van der Waals surface area contributed by atoms with Crippen LogP contribution in [0.25, 0.3) is 0 Å². The minimum Gasteiger partial charge on any atom is -0.271 e. The lowest BCUT2D eigenvalue weighted by atomic mass is 10.1. The summed E-state index contributed by atoms with van der Waals surface area (Å²) >= 11 is 14.5. The van der Waals surface area contributed by atoms with Crippen molar-refractivity contribution in [3.05, 3.63) is 130 Å². The van der Waals surface area contributed by atoms with Crippen LogP contribution in [-0.2, 0) is 32.3 Å². The summed E-state index contributed by atoms with van der Waals surface area (Å²) < 4.78 is 0. The second kappa shape index (κ2) is 15.2. The zero-order valence-electron chi connectivity index (χ0n) is 23.9. The van der Waals surface area contributed by atoms with Crippen molar-refractivity contribution in [3.63, 3.8) is 0 Å². The van der Waals surface area contributed by atoms with Crippen LogP contribution in [0.4, 0.5) is 0 Å². The average Bonchev–Trinajstić information content (AvgIpc) is 3.47. The highest BCUT2D eigenvalue weighted by Crippen LogP contribution is 2.34. The van der Waals surface area contributed by atoms with Crippen LogP contribution in [-0.4, -0.2) is 44.1 Å². The highest BCUT2D eigenvalue weighted by molar-refractivity contribution is 8.01. The van der Waals surface area contributed by atoms with Gasteiger partial charge in [0.25, 0.3) is 23.6 Å². The van der Waals surface area contributed by atoms with Crippen molar-refractivity contribution >= 4 is 70.4 Å². The van der Waals surface area contributed by atoms with Gasteiger partial charge in [0.1, 0.15) is 0 Å². The van der Waals surface area contributed by atoms with Gasteiger partial charge >= 0.3 is 0 Å². The molecule has 232 valence electrons. The van der Waals surface area contributed by atoms with E-state index in [0.717, 1.165) is 27.8 Å². The summed E-state index contributed by atoms with van der Waals surface area (Å²) in [5.41, 5.74) is 7.43. The number of thioether (sulfide) groups is 2. The van der Waals surface area contributed by atoms with Crippen molar-refractivity contribution in [1.82, 2.24) is 20.9 Å². The summed E-state index contributed by atoms with van der Waals surface area (Å²) in [6, 6.07) is 32.7. The standard InChI is InChI=1S/C17H12ClN3O2S.C16H13ClN2O2S/c18-13-6-1-2-7-14(13)24-15-16(22)20-21(17(15)23)10-12-5-3-4-11(8-12)9-19;17-12-8-4-5-9-13(12)22-14-15(20)18-19(16(14)21)10-11-6-2-1-3-7-11/h1-8,15H,10H2,(H,20,22);1-9,14H,10H2,(H,18,20). The van der Waals surface area contributed by atoms with E-state index in [9.17, 15) is 19.2 Å². The fourth-order valence-electron chi connectivity index (χ4n) is 4.47. The summed E-state index contributed by atoms with van der Waals surface area (Å²) in [5.74, 6) is -1.27. The molecule has 2 saturated heterocycles. The van der Waals surface area contributed by atoms with Crippen LogP contribution in [0.15, 0.2) is 113 Å². The molecule has 2 aliphatic heterocycles. The first-order chi connectivity index (χ1) is 22.2. The third kappa shape index (κ3) is 8.02. The predicted molar refractivity (Wildman–Crippen MR) is 177 cm³/mol. The van der Waals surface area contributed by atoms with Gasteiger partial charge in [-0.05, 0) is 47.5 Å². The zero-order chi connectivity index (χ0) is 32.6. The van der Waals surface area contributed by atoms with Gasteiger partial charge in [-0.25, -0.2) is 10.0 Å². The lowest BCUT2D eigenvalue weighted by molar-refractivity contribution is -0.130. The summed E-state index contributed by atoms with van der Waals surface area (Å²) in [4.78, 5) is 50.5. The van der Waals surface area contributed by atoms with E-state index in [4.69, 9.17) is 28.5 Å². The molecule has 4 aromatic rings. The molecule has 6 rings (SSSR count). The van der Waals surface area contributed by atoms with E-state index in [1.807, 2.05) is 42.5 Å². The summed E-state index contributed by atoms with van der Waals surface area (Å²) in [6.07, 6.45) is 0. The van der Waals surface area contributed by atoms with Gasteiger partial charge in [-0.2, -0.15) is 5.26 Å². The molecule has 2 unspecified atom stereocenters. The van der Waals surface area contributed by atoms with Crippen LogP contribution in [0.3, 0.4) is 0 Å². The molecule has 2 aliphatic rings. The SMILES string of the molecule is N#Cc1cccc(CN2NC(=O)C(Sc3ccccc3Cl)C2=O)c1.O=C1NN(Cc2ccccc2)C(=O)C1Sc1ccccc1Cl. The molecule has 4 amide bonds. The van der Waals surface area contributed by atoms with E-state index in [0.29, 0.717) is 27.0 Å². The van der Waals surface area contributed by atoms with E-state index in [1.165, 1.54) is 21.8 Å². The Hall–Kier alpha value is -4.47. The maximum atomic E-state index is 12.5. The number of halogens is 2. The zero-order valence-corrected chi connectivity index (χ0v) is 27.1. The summed E-state index contributed by atoms with van der Waals surface area (Å²) in [7, 11) is 0. The average molecular weight is 691 g/mol. The molecule has 2 heterocycles. The number of amides is 4. The van der Waals surface area contributed by atoms with Crippen molar-refractivity contribution in [2.75, 3.05) is 0 Å². The Morgan fingerprint density at radius 3 is 1.59 bits per heavy atom. The quantitative estimate of drug-likeness (QED) is 0.230. The van der Waals surface area contributed by atoms with Gasteiger partial charge in [-0.15, -0.1) is 23.5 Å². The normalized spacial score (nSPS) is 17.2. The van der Waals surface area contributed by atoms with Gasteiger partial charge in [0, 0.05) is 9.79 Å². The molecule has 0 radical (unpaired) electrons. The minimum absolute atomic E-state index is 0.208. The molecule has 13 heteroatoms. The van der Waals surface area contributed by atoms with Gasteiger partial charge in [0.15, 0.2) is 10.5 Å². The molecule has 0 bridgehead atoms. The van der Waals surface area contributed by atoms with Crippen molar-refractivity contribution in [3.8, 4) is 6.07 Å². The molecule has 0 aromatic heterocycles. The molecule has 9 nitrogen and oxygen atoms in total. The van der Waals surface area contributed by atoms with Crippen molar-refractivity contribution in [1.29, 1.82) is 5.26 Å².